The second-order valence-electron chi connectivity index (χ2n) is 11.7. The van der Waals surface area contributed by atoms with Crippen LogP contribution in [0.3, 0.4) is 0 Å². The summed E-state index contributed by atoms with van der Waals surface area (Å²) in [5, 5.41) is 30.6. The third-order valence-corrected chi connectivity index (χ3v) is 10.5. The summed E-state index contributed by atoms with van der Waals surface area (Å²) in [6.45, 7) is 14.8. The minimum atomic E-state index is -0.825. The standard InChI is InChI=1S/C22H34O4.C6H15N/c1-20-9-5-15(23)13-14(20)3-4-16-17(20)6-10-21(2)18(16)7-11-22(21,26)12-8-19(24)25;1-4-7(5-2)6-3/h3,15-18,23,26H,4-13H2,1-2H3,(H,24,25);4-6H2,1-3H3/t15?,16?,17?,18?,20-,21-,22?;/m1./s1. The average molecular weight is 464 g/mol. The second kappa shape index (κ2) is 10.4. The lowest BCUT2D eigenvalue weighted by molar-refractivity contribution is -0.146. The van der Waals surface area contributed by atoms with Crippen LogP contribution in [0.1, 0.15) is 98.8 Å². The van der Waals surface area contributed by atoms with E-state index < -0.39 is 11.6 Å². The smallest absolute Gasteiger partial charge is 0.303 e. The van der Waals surface area contributed by atoms with Crippen molar-refractivity contribution in [3.8, 4) is 0 Å². The molecule has 3 fully saturated rings. The fourth-order valence-corrected chi connectivity index (χ4v) is 8.15. The van der Waals surface area contributed by atoms with Gasteiger partial charge in [0.25, 0.3) is 0 Å². The van der Waals surface area contributed by atoms with Crippen LogP contribution in [-0.4, -0.2) is 57.5 Å². The molecule has 0 aromatic rings. The molecule has 4 aliphatic rings. The Balaban J connectivity index is 0.000000383. The highest BCUT2D eigenvalue weighted by molar-refractivity contribution is 5.66. The average Bonchev–Trinajstić information content (AvgIpc) is 3.06. The van der Waals surface area contributed by atoms with E-state index in [2.05, 4.69) is 45.6 Å². The highest BCUT2D eigenvalue weighted by Gasteiger charge is 2.63. The number of hydrogen-bond donors (Lipinski definition) is 3. The number of hydrogen-bond acceptors (Lipinski definition) is 4. The van der Waals surface area contributed by atoms with Gasteiger partial charge >= 0.3 is 5.97 Å². The van der Waals surface area contributed by atoms with E-state index in [-0.39, 0.29) is 23.4 Å². The van der Waals surface area contributed by atoms with Gasteiger partial charge in [-0.05, 0) is 106 Å². The highest BCUT2D eigenvalue weighted by Crippen LogP contribution is 2.67. The van der Waals surface area contributed by atoms with Gasteiger partial charge in [0.05, 0.1) is 11.7 Å². The summed E-state index contributed by atoms with van der Waals surface area (Å²) in [5.74, 6) is 0.922. The number of aliphatic carboxylic acids is 1. The number of carboxylic acid groups (broad SMARTS) is 1. The van der Waals surface area contributed by atoms with Gasteiger partial charge in [-0.15, -0.1) is 0 Å². The zero-order valence-corrected chi connectivity index (χ0v) is 21.8. The van der Waals surface area contributed by atoms with Crippen LogP contribution in [0.25, 0.3) is 0 Å². The van der Waals surface area contributed by atoms with E-state index in [1.165, 1.54) is 25.2 Å². The highest BCUT2D eigenvalue weighted by atomic mass is 16.4. The molecule has 5 unspecified atom stereocenters. The summed E-state index contributed by atoms with van der Waals surface area (Å²) in [7, 11) is 0. The molecule has 0 amide bonds. The molecule has 0 bridgehead atoms. The van der Waals surface area contributed by atoms with Crippen molar-refractivity contribution in [3.63, 3.8) is 0 Å². The maximum Gasteiger partial charge on any atom is 0.303 e. The Labute approximate surface area is 201 Å². The van der Waals surface area contributed by atoms with E-state index in [1.54, 1.807) is 0 Å². The van der Waals surface area contributed by atoms with Crippen molar-refractivity contribution < 1.29 is 20.1 Å². The van der Waals surface area contributed by atoms with Crippen molar-refractivity contribution in [2.24, 2.45) is 28.6 Å². The van der Waals surface area contributed by atoms with Gasteiger partial charge in [0.1, 0.15) is 0 Å². The molecule has 0 spiro atoms. The quantitative estimate of drug-likeness (QED) is 0.469. The van der Waals surface area contributed by atoms with Gasteiger partial charge in [-0.25, -0.2) is 0 Å². The van der Waals surface area contributed by atoms with E-state index in [0.29, 0.717) is 24.2 Å². The van der Waals surface area contributed by atoms with Crippen molar-refractivity contribution >= 4 is 5.97 Å². The molecule has 0 aromatic carbocycles. The first-order chi connectivity index (χ1) is 15.5. The zero-order valence-electron chi connectivity index (χ0n) is 21.8. The Morgan fingerprint density at radius 2 is 1.67 bits per heavy atom. The summed E-state index contributed by atoms with van der Waals surface area (Å²) in [5.41, 5.74) is 0.708. The molecular weight excluding hydrogens is 414 g/mol. The van der Waals surface area contributed by atoms with E-state index in [0.717, 1.165) is 51.4 Å². The lowest BCUT2D eigenvalue weighted by Crippen LogP contribution is -2.54. The number of allylic oxidation sites excluding steroid dienone is 1. The van der Waals surface area contributed by atoms with Gasteiger partial charge in [0.2, 0.25) is 0 Å². The summed E-state index contributed by atoms with van der Waals surface area (Å²) in [6.07, 6.45) is 10.5. The molecule has 5 heteroatoms. The van der Waals surface area contributed by atoms with Crippen LogP contribution in [0.2, 0.25) is 0 Å². The van der Waals surface area contributed by atoms with E-state index in [4.69, 9.17) is 5.11 Å². The van der Waals surface area contributed by atoms with Crippen LogP contribution in [0.5, 0.6) is 0 Å². The molecule has 0 heterocycles. The van der Waals surface area contributed by atoms with Crippen LogP contribution in [0, 0.1) is 28.6 Å². The van der Waals surface area contributed by atoms with Crippen molar-refractivity contribution in [2.45, 2.75) is 111 Å². The third kappa shape index (κ3) is 4.92. The van der Waals surface area contributed by atoms with Crippen LogP contribution in [-0.2, 0) is 4.79 Å². The molecule has 33 heavy (non-hydrogen) atoms. The lowest BCUT2D eigenvalue weighted by atomic mass is 9.47. The predicted octanol–water partition coefficient (Wildman–Crippen LogP) is 5.25. The molecule has 0 aliphatic heterocycles. The van der Waals surface area contributed by atoms with Gasteiger partial charge in [-0.2, -0.15) is 0 Å². The summed E-state index contributed by atoms with van der Waals surface area (Å²) < 4.78 is 0. The molecule has 3 N–H and O–H groups in total. The maximum absolute atomic E-state index is 11.4. The van der Waals surface area contributed by atoms with Crippen LogP contribution < -0.4 is 0 Å². The van der Waals surface area contributed by atoms with Gasteiger partial charge in [0.15, 0.2) is 0 Å². The number of fused-ring (bicyclic) bond motifs is 5. The fourth-order valence-electron chi connectivity index (χ4n) is 8.15. The zero-order chi connectivity index (χ0) is 24.4. The SMILES string of the molecule is CCN(CC)CC.C[C@@]12CCC(O)CC1=CCC1C2CC[C@]2(C)C1CCC2(O)CCC(=O)O. The predicted molar refractivity (Wildman–Crippen MR) is 133 cm³/mol. The van der Waals surface area contributed by atoms with Gasteiger partial charge < -0.3 is 20.2 Å². The molecule has 0 radical (unpaired) electrons. The number of rotatable bonds is 6. The van der Waals surface area contributed by atoms with Crippen molar-refractivity contribution in [1.29, 1.82) is 0 Å². The van der Waals surface area contributed by atoms with Crippen molar-refractivity contribution in [1.82, 2.24) is 4.90 Å². The minimum Gasteiger partial charge on any atom is -0.481 e. The first-order valence-corrected chi connectivity index (χ1v) is 13.6. The molecule has 4 aliphatic carbocycles. The maximum atomic E-state index is 11.4. The van der Waals surface area contributed by atoms with Crippen LogP contribution >= 0.6 is 0 Å². The molecule has 3 saturated carbocycles. The molecule has 5 nitrogen and oxygen atoms in total. The molecule has 0 aromatic heterocycles. The van der Waals surface area contributed by atoms with Gasteiger partial charge in [-0.3, -0.25) is 4.79 Å². The van der Waals surface area contributed by atoms with E-state index in [9.17, 15) is 15.0 Å². The lowest BCUT2D eigenvalue weighted by Gasteiger charge is -2.59. The van der Waals surface area contributed by atoms with Gasteiger partial charge in [-0.1, -0.05) is 46.3 Å². The summed E-state index contributed by atoms with van der Waals surface area (Å²) in [4.78, 5) is 13.5. The Hall–Kier alpha value is -0.910. The molecule has 190 valence electrons. The van der Waals surface area contributed by atoms with Crippen LogP contribution in [0.4, 0.5) is 0 Å². The number of carbonyl (C=O) groups is 1. The normalized spacial score (nSPS) is 41.9. The molecule has 4 rings (SSSR count). The Morgan fingerprint density at radius 1 is 1.03 bits per heavy atom. The topological polar surface area (TPSA) is 81.0 Å². The summed E-state index contributed by atoms with van der Waals surface area (Å²) >= 11 is 0. The largest absolute Gasteiger partial charge is 0.481 e. The Bertz CT molecular complexity index is 713. The van der Waals surface area contributed by atoms with E-state index in [1.807, 2.05) is 0 Å². The first-order valence-electron chi connectivity index (χ1n) is 13.6. The first kappa shape index (κ1) is 26.7. The minimum absolute atomic E-state index is 0.0621. The molecule has 7 atom stereocenters. The monoisotopic (exact) mass is 463 g/mol. The number of nitrogens with zero attached hydrogens (tertiary/aromatic N) is 1. The third-order valence-electron chi connectivity index (χ3n) is 10.5. The van der Waals surface area contributed by atoms with Gasteiger partial charge in [0, 0.05) is 6.42 Å². The van der Waals surface area contributed by atoms with Crippen molar-refractivity contribution in [2.75, 3.05) is 19.6 Å². The number of aliphatic hydroxyl groups excluding tert-OH is 1. The van der Waals surface area contributed by atoms with Crippen LogP contribution in [0.15, 0.2) is 11.6 Å². The molecular formula is C28H49NO4. The summed E-state index contributed by atoms with van der Waals surface area (Å²) in [6, 6.07) is 0. The fraction of sp³-hybridized carbons (Fsp3) is 0.893. The Kier molecular flexibility index (Phi) is 8.39. The van der Waals surface area contributed by atoms with Crippen molar-refractivity contribution in [3.05, 3.63) is 11.6 Å². The molecule has 0 saturated heterocycles. The second-order valence-corrected chi connectivity index (χ2v) is 11.7. The van der Waals surface area contributed by atoms with E-state index >= 15 is 0 Å². The Morgan fingerprint density at radius 3 is 2.24 bits per heavy atom. The number of carboxylic acids is 1. The number of aliphatic hydroxyl groups is 2.